The Hall–Kier alpha value is -3.75. The predicted molar refractivity (Wildman–Crippen MR) is 141 cm³/mol. The summed E-state index contributed by atoms with van der Waals surface area (Å²) >= 11 is 13.0. The van der Waals surface area contributed by atoms with Crippen LogP contribution >= 0.6 is 40.4 Å². The van der Waals surface area contributed by atoms with E-state index in [1.165, 1.54) is 0 Å². The summed E-state index contributed by atoms with van der Waals surface area (Å²) in [5.74, 6) is -0.0981. The number of para-hydroxylation sites is 1. The third-order valence-corrected chi connectivity index (χ3v) is 5.31. The topological polar surface area (TPSA) is 157 Å². The molecule has 172 valence electrons. The van der Waals surface area contributed by atoms with Gasteiger partial charge in [0.1, 0.15) is 5.69 Å². The average molecular weight is 557 g/mol. The summed E-state index contributed by atoms with van der Waals surface area (Å²) in [7, 11) is 0. The third-order valence-electron chi connectivity index (χ3n) is 4.64. The number of thiocarbonyl (C=S) groups is 2. The summed E-state index contributed by atoms with van der Waals surface area (Å²) < 4.78 is 4.09. The number of fused-ring (bicyclic) bond motifs is 1. The maximum atomic E-state index is 10.9. The van der Waals surface area contributed by atoms with E-state index in [0.29, 0.717) is 11.1 Å². The Morgan fingerprint density at radius 2 is 2.00 bits per heavy atom. The number of aromatic nitrogens is 4. The van der Waals surface area contributed by atoms with Gasteiger partial charge in [0.05, 0.1) is 30.2 Å². The molecule has 0 aliphatic carbocycles. The van der Waals surface area contributed by atoms with Crippen molar-refractivity contribution in [3.63, 3.8) is 0 Å². The van der Waals surface area contributed by atoms with Gasteiger partial charge < -0.3 is 21.1 Å². The van der Waals surface area contributed by atoms with E-state index in [0.717, 1.165) is 21.2 Å². The summed E-state index contributed by atoms with van der Waals surface area (Å²) in [6, 6.07) is 13.0. The van der Waals surface area contributed by atoms with Crippen molar-refractivity contribution in [3.8, 4) is 11.6 Å². The van der Waals surface area contributed by atoms with Crippen LogP contribution in [0.1, 0.15) is 11.3 Å². The summed E-state index contributed by atoms with van der Waals surface area (Å²) in [6.07, 6.45) is 3.34. The number of hydrazone groups is 1. The number of nitrogens with one attached hydrogen (secondary N) is 1. The first-order chi connectivity index (χ1) is 16.3. The molecular formula is C20H17BrN10OS2. The lowest BCUT2D eigenvalue weighted by Crippen LogP contribution is -2.24. The molecule has 34 heavy (non-hydrogen) atoms. The lowest BCUT2D eigenvalue weighted by molar-refractivity contribution is 0.429. The van der Waals surface area contributed by atoms with Crippen LogP contribution in [0.2, 0.25) is 0 Å². The SMILES string of the molecule is NC(=S)N=Nc1c(O)n(Cc2cn(-c3ccccc3/C=N/NC(N)=S)nn2)c2ccc(Br)cc12. The Bertz CT molecular complexity index is 1460. The van der Waals surface area contributed by atoms with Gasteiger partial charge in [-0.1, -0.05) is 39.3 Å². The normalized spacial score (nSPS) is 11.6. The number of aromatic hydroxyl groups is 1. The highest BCUT2D eigenvalue weighted by atomic mass is 79.9. The van der Waals surface area contributed by atoms with E-state index in [1.807, 2.05) is 42.5 Å². The van der Waals surface area contributed by atoms with Crippen LogP contribution < -0.4 is 16.9 Å². The quantitative estimate of drug-likeness (QED) is 0.122. The highest BCUT2D eigenvalue weighted by Crippen LogP contribution is 2.40. The first-order valence-corrected chi connectivity index (χ1v) is 11.3. The molecule has 0 saturated heterocycles. The molecule has 0 fully saturated rings. The van der Waals surface area contributed by atoms with Gasteiger partial charge in [-0.3, -0.25) is 5.43 Å². The van der Waals surface area contributed by atoms with Crippen LogP contribution in [0.25, 0.3) is 16.6 Å². The fraction of sp³-hybridized carbons (Fsp3) is 0.0500. The van der Waals surface area contributed by atoms with Crippen LogP contribution in [-0.2, 0) is 6.54 Å². The minimum absolute atomic E-state index is 0.0646. The van der Waals surface area contributed by atoms with Crippen LogP contribution in [0.5, 0.6) is 5.88 Å². The van der Waals surface area contributed by atoms with Crippen LogP contribution in [0.4, 0.5) is 5.69 Å². The monoisotopic (exact) mass is 556 g/mol. The van der Waals surface area contributed by atoms with E-state index >= 15 is 0 Å². The molecule has 0 spiro atoms. The molecule has 0 atom stereocenters. The number of nitrogens with two attached hydrogens (primary N) is 2. The molecule has 2 heterocycles. The zero-order chi connectivity index (χ0) is 24.2. The molecule has 6 N–H and O–H groups in total. The molecular weight excluding hydrogens is 540 g/mol. The van der Waals surface area contributed by atoms with Gasteiger partial charge in [0, 0.05) is 15.4 Å². The molecule has 0 aliphatic heterocycles. The van der Waals surface area contributed by atoms with Crippen LogP contribution in [0, 0.1) is 0 Å². The highest BCUT2D eigenvalue weighted by molar-refractivity contribution is 9.10. The van der Waals surface area contributed by atoms with Crippen molar-refractivity contribution in [2.75, 3.05) is 0 Å². The van der Waals surface area contributed by atoms with Crippen molar-refractivity contribution in [1.29, 1.82) is 0 Å². The zero-order valence-corrected chi connectivity index (χ0v) is 20.5. The van der Waals surface area contributed by atoms with Gasteiger partial charge in [0.2, 0.25) is 11.0 Å². The Morgan fingerprint density at radius 3 is 2.76 bits per heavy atom. The molecule has 0 aliphatic rings. The number of azo groups is 1. The second kappa shape index (κ2) is 10.0. The Balaban J connectivity index is 1.69. The molecule has 0 saturated carbocycles. The Kier molecular flexibility index (Phi) is 6.90. The van der Waals surface area contributed by atoms with E-state index in [-0.39, 0.29) is 28.3 Å². The van der Waals surface area contributed by atoms with E-state index in [2.05, 4.69) is 47.0 Å². The molecule has 11 nitrogen and oxygen atoms in total. The smallest absolute Gasteiger partial charge is 0.221 e. The molecule has 4 aromatic rings. The van der Waals surface area contributed by atoms with Gasteiger partial charge in [-0.15, -0.1) is 15.3 Å². The largest absolute Gasteiger partial charge is 0.493 e. The van der Waals surface area contributed by atoms with Crippen molar-refractivity contribution < 1.29 is 5.11 Å². The first kappa shape index (κ1) is 23.4. The number of benzene rings is 2. The molecule has 4 rings (SSSR count). The van der Waals surface area contributed by atoms with Crippen LogP contribution in [-0.4, -0.2) is 41.1 Å². The molecule has 0 unspecified atom stereocenters. The lowest BCUT2D eigenvalue weighted by atomic mass is 10.2. The summed E-state index contributed by atoms with van der Waals surface area (Å²) in [6.45, 7) is 0.228. The molecule has 0 amide bonds. The standard InChI is InChI=1S/C20H17BrN10OS2/c21-12-5-6-16-14(7-12)17(26-28-20(23)34)18(32)30(16)9-13-10-31(29-25-13)15-4-2-1-3-11(15)8-24-27-19(22)33/h1-8,10,32H,9H2,(H2,23,34)(H3,22,27,33)/b24-8+,28-26?. The molecule has 2 aromatic carbocycles. The van der Waals surface area contributed by atoms with Gasteiger partial charge in [-0.05, 0) is 48.7 Å². The van der Waals surface area contributed by atoms with E-state index in [4.69, 9.17) is 35.9 Å². The third kappa shape index (κ3) is 5.08. The summed E-state index contributed by atoms with van der Waals surface area (Å²) in [5.41, 5.74) is 16.5. The first-order valence-electron chi connectivity index (χ1n) is 9.64. The van der Waals surface area contributed by atoms with Crippen molar-refractivity contribution >= 4 is 73.4 Å². The average Bonchev–Trinajstić information content (AvgIpc) is 3.35. The summed E-state index contributed by atoms with van der Waals surface area (Å²) in [4.78, 5) is 0. The predicted octanol–water partition coefficient (Wildman–Crippen LogP) is 3.23. The molecule has 0 radical (unpaired) electrons. The second-order valence-electron chi connectivity index (χ2n) is 6.91. The Labute approximate surface area is 212 Å². The van der Waals surface area contributed by atoms with Gasteiger partial charge >= 0.3 is 0 Å². The lowest BCUT2D eigenvalue weighted by Gasteiger charge is -2.05. The number of hydrogen-bond donors (Lipinski definition) is 4. The van der Waals surface area contributed by atoms with Crippen molar-refractivity contribution in [3.05, 3.63) is 64.4 Å². The Morgan fingerprint density at radius 1 is 1.21 bits per heavy atom. The van der Waals surface area contributed by atoms with E-state index in [9.17, 15) is 5.11 Å². The number of hydrogen-bond acceptors (Lipinski definition) is 7. The van der Waals surface area contributed by atoms with Crippen LogP contribution in [0.15, 0.2) is 68.5 Å². The number of rotatable bonds is 6. The number of halogens is 1. The fourth-order valence-electron chi connectivity index (χ4n) is 3.27. The summed E-state index contributed by atoms with van der Waals surface area (Å²) in [5, 5.41) is 31.8. The van der Waals surface area contributed by atoms with Gasteiger partial charge in [0.25, 0.3) is 0 Å². The minimum atomic E-state index is -0.135. The van der Waals surface area contributed by atoms with E-state index < -0.39 is 0 Å². The van der Waals surface area contributed by atoms with Gasteiger partial charge in [-0.25, -0.2) is 4.68 Å². The molecule has 2 aromatic heterocycles. The zero-order valence-electron chi connectivity index (χ0n) is 17.3. The van der Waals surface area contributed by atoms with Crippen LogP contribution in [0.3, 0.4) is 0 Å². The second-order valence-corrected chi connectivity index (χ2v) is 8.68. The van der Waals surface area contributed by atoms with Gasteiger partial charge in [-0.2, -0.15) is 5.10 Å². The number of nitrogens with zero attached hydrogens (tertiary/aromatic N) is 7. The fourth-order valence-corrected chi connectivity index (χ4v) is 3.73. The molecule has 14 heteroatoms. The minimum Gasteiger partial charge on any atom is -0.493 e. The van der Waals surface area contributed by atoms with Crippen molar-refractivity contribution in [2.45, 2.75) is 6.54 Å². The van der Waals surface area contributed by atoms with Crippen molar-refractivity contribution in [2.24, 2.45) is 26.8 Å². The highest BCUT2D eigenvalue weighted by Gasteiger charge is 2.19. The molecule has 0 bridgehead atoms. The van der Waals surface area contributed by atoms with E-state index in [1.54, 1.807) is 21.7 Å². The van der Waals surface area contributed by atoms with Gasteiger partial charge in [0.15, 0.2) is 10.8 Å². The maximum absolute atomic E-state index is 10.9. The van der Waals surface area contributed by atoms with Crippen molar-refractivity contribution in [1.82, 2.24) is 25.0 Å². The maximum Gasteiger partial charge on any atom is 0.221 e.